The zero-order valence-electron chi connectivity index (χ0n) is 14.9. The molecule has 2 aromatic carbocycles. The first-order valence-electron chi connectivity index (χ1n) is 8.42. The van der Waals surface area contributed by atoms with Gasteiger partial charge in [0.2, 0.25) is 11.8 Å². The standard InChI is InChI=1S/C20H16ClN3O4/c1-28-20(27)13-5-6-16(21)17(8-13)24-11-14(9-18(24)25)19(26)23-15-4-2-3-12(7-15)10-22/h2-8,14H,9,11H2,1H3,(H,23,26). The third-order valence-corrected chi connectivity index (χ3v) is 4.73. The number of methoxy groups -OCH3 is 1. The summed E-state index contributed by atoms with van der Waals surface area (Å²) in [6, 6.07) is 13.0. The normalized spacial score (nSPS) is 15.8. The Labute approximate surface area is 166 Å². The number of rotatable bonds is 4. The van der Waals surface area contributed by atoms with Crippen molar-refractivity contribution in [1.82, 2.24) is 0 Å². The zero-order valence-corrected chi connectivity index (χ0v) is 15.7. The van der Waals surface area contributed by atoms with Crippen molar-refractivity contribution in [2.45, 2.75) is 6.42 Å². The molecule has 1 fully saturated rings. The van der Waals surface area contributed by atoms with Gasteiger partial charge in [0.1, 0.15) is 0 Å². The molecule has 1 heterocycles. The molecule has 1 saturated heterocycles. The maximum atomic E-state index is 12.6. The van der Waals surface area contributed by atoms with E-state index in [0.29, 0.717) is 22.0 Å². The lowest BCUT2D eigenvalue weighted by molar-refractivity contribution is -0.122. The van der Waals surface area contributed by atoms with Crippen LogP contribution in [0.1, 0.15) is 22.3 Å². The van der Waals surface area contributed by atoms with Gasteiger partial charge in [0.05, 0.1) is 40.9 Å². The summed E-state index contributed by atoms with van der Waals surface area (Å²) < 4.78 is 4.69. The van der Waals surface area contributed by atoms with E-state index in [9.17, 15) is 14.4 Å². The molecule has 1 N–H and O–H groups in total. The number of carbonyl (C=O) groups is 3. The van der Waals surface area contributed by atoms with Crippen LogP contribution >= 0.6 is 11.6 Å². The average molecular weight is 398 g/mol. The van der Waals surface area contributed by atoms with Gasteiger partial charge in [-0.05, 0) is 36.4 Å². The number of benzene rings is 2. The molecule has 0 bridgehead atoms. The molecule has 1 aliphatic heterocycles. The van der Waals surface area contributed by atoms with Crippen molar-refractivity contribution >= 4 is 40.8 Å². The van der Waals surface area contributed by atoms with Gasteiger partial charge in [0.15, 0.2) is 0 Å². The zero-order chi connectivity index (χ0) is 20.3. The molecule has 0 aliphatic carbocycles. The van der Waals surface area contributed by atoms with E-state index in [2.05, 4.69) is 5.32 Å². The first-order valence-corrected chi connectivity index (χ1v) is 8.80. The molecule has 7 nitrogen and oxygen atoms in total. The predicted molar refractivity (Wildman–Crippen MR) is 103 cm³/mol. The fourth-order valence-electron chi connectivity index (χ4n) is 2.99. The van der Waals surface area contributed by atoms with Crippen LogP contribution in [0.4, 0.5) is 11.4 Å². The largest absolute Gasteiger partial charge is 0.465 e. The molecule has 8 heteroatoms. The minimum absolute atomic E-state index is 0.0164. The number of nitrogens with one attached hydrogen (secondary N) is 1. The van der Waals surface area contributed by atoms with E-state index < -0.39 is 11.9 Å². The molecule has 142 valence electrons. The lowest BCUT2D eigenvalue weighted by Crippen LogP contribution is -2.28. The number of hydrogen-bond acceptors (Lipinski definition) is 5. The van der Waals surface area contributed by atoms with E-state index in [1.54, 1.807) is 24.3 Å². The number of halogens is 1. The van der Waals surface area contributed by atoms with Crippen molar-refractivity contribution in [3.05, 3.63) is 58.6 Å². The van der Waals surface area contributed by atoms with Gasteiger partial charge in [-0.3, -0.25) is 9.59 Å². The first kappa shape index (κ1) is 19.4. The maximum Gasteiger partial charge on any atom is 0.337 e. The summed E-state index contributed by atoms with van der Waals surface area (Å²) in [5.41, 5.74) is 1.53. The van der Waals surface area contributed by atoms with Crippen LogP contribution in [0.5, 0.6) is 0 Å². The van der Waals surface area contributed by atoms with Crippen molar-refractivity contribution in [1.29, 1.82) is 5.26 Å². The molecule has 28 heavy (non-hydrogen) atoms. The lowest BCUT2D eigenvalue weighted by Gasteiger charge is -2.19. The number of amides is 2. The Hall–Kier alpha value is -3.37. The molecule has 0 radical (unpaired) electrons. The van der Waals surface area contributed by atoms with Gasteiger partial charge in [-0.1, -0.05) is 17.7 Å². The van der Waals surface area contributed by atoms with Crippen molar-refractivity contribution in [2.75, 3.05) is 23.9 Å². The maximum absolute atomic E-state index is 12.6. The Bertz CT molecular complexity index is 999. The van der Waals surface area contributed by atoms with Gasteiger partial charge in [0, 0.05) is 18.7 Å². The van der Waals surface area contributed by atoms with Crippen LogP contribution < -0.4 is 10.2 Å². The van der Waals surface area contributed by atoms with Crippen LogP contribution in [0.25, 0.3) is 0 Å². The molecular weight excluding hydrogens is 382 g/mol. The third kappa shape index (κ3) is 3.97. The highest BCUT2D eigenvalue weighted by Gasteiger charge is 2.36. The molecule has 3 rings (SSSR count). The van der Waals surface area contributed by atoms with E-state index in [4.69, 9.17) is 21.6 Å². The van der Waals surface area contributed by atoms with Crippen LogP contribution in [0.2, 0.25) is 5.02 Å². The summed E-state index contributed by atoms with van der Waals surface area (Å²) in [6.07, 6.45) is 0.0164. The number of anilines is 2. The van der Waals surface area contributed by atoms with Crippen molar-refractivity contribution in [2.24, 2.45) is 5.92 Å². The monoisotopic (exact) mass is 397 g/mol. The minimum Gasteiger partial charge on any atom is -0.465 e. The van der Waals surface area contributed by atoms with E-state index in [1.165, 1.54) is 30.2 Å². The fraction of sp³-hybridized carbons (Fsp3) is 0.200. The van der Waals surface area contributed by atoms with Crippen molar-refractivity contribution in [3.63, 3.8) is 0 Å². The van der Waals surface area contributed by atoms with Gasteiger partial charge < -0.3 is 15.0 Å². The second kappa shape index (κ2) is 8.11. The SMILES string of the molecule is COC(=O)c1ccc(Cl)c(N2CC(C(=O)Nc3cccc(C#N)c3)CC2=O)c1. The predicted octanol–water partition coefficient (Wildman–Crippen LogP) is 2.99. The van der Waals surface area contributed by atoms with Gasteiger partial charge >= 0.3 is 5.97 Å². The highest BCUT2D eigenvalue weighted by atomic mass is 35.5. The second-order valence-corrected chi connectivity index (χ2v) is 6.65. The van der Waals surface area contributed by atoms with E-state index in [1.807, 2.05) is 6.07 Å². The molecule has 0 spiro atoms. The molecule has 1 atom stereocenters. The van der Waals surface area contributed by atoms with Crippen LogP contribution in [-0.4, -0.2) is 31.4 Å². The summed E-state index contributed by atoms with van der Waals surface area (Å²) in [7, 11) is 1.26. The molecular formula is C20H16ClN3O4. The van der Waals surface area contributed by atoms with E-state index in [0.717, 1.165) is 0 Å². The first-order chi connectivity index (χ1) is 13.4. The van der Waals surface area contributed by atoms with Crippen LogP contribution in [0.15, 0.2) is 42.5 Å². The summed E-state index contributed by atoms with van der Waals surface area (Å²) in [5.74, 6) is -1.73. The third-order valence-electron chi connectivity index (χ3n) is 4.41. The number of carbonyl (C=O) groups excluding carboxylic acids is 3. The summed E-state index contributed by atoms with van der Waals surface area (Å²) >= 11 is 6.20. The molecule has 0 saturated carbocycles. The number of esters is 1. The highest BCUT2D eigenvalue weighted by molar-refractivity contribution is 6.34. The smallest absolute Gasteiger partial charge is 0.337 e. The Balaban J connectivity index is 1.77. The van der Waals surface area contributed by atoms with Gasteiger partial charge in [-0.2, -0.15) is 5.26 Å². The Kier molecular flexibility index (Phi) is 5.62. The van der Waals surface area contributed by atoms with Crippen molar-refractivity contribution in [3.8, 4) is 6.07 Å². The summed E-state index contributed by atoms with van der Waals surface area (Å²) in [4.78, 5) is 38.2. The van der Waals surface area contributed by atoms with Crippen LogP contribution in [-0.2, 0) is 14.3 Å². The fourth-order valence-corrected chi connectivity index (χ4v) is 3.21. The van der Waals surface area contributed by atoms with Crippen LogP contribution in [0, 0.1) is 17.2 Å². The number of ether oxygens (including phenoxy) is 1. The van der Waals surface area contributed by atoms with E-state index in [-0.39, 0.29) is 30.3 Å². The quantitative estimate of drug-likeness (QED) is 0.799. The number of nitrogens with zero attached hydrogens (tertiary/aromatic N) is 2. The number of hydrogen-bond donors (Lipinski definition) is 1. The lowest BCUT2D eigenvalue weighted by atomic mass is 10.1. The average Bonchev–Trinajstić information content (AvgIpc) is 3.09. The van der Waals surface area contributed by atoms with Gasteiger partial charge in [-0.15, -0.1) is 0 Å². The Morgan fingerprint density at radius 3 is 2.79 bits per heavy atom. The number of nitriles is 1. The van der Waals surface area contributed by atoms with Crippen molar-refractivity contribution < 1.29 is 19.1 Å². The Morgan fingerprint density at radius 2 is 2.07 bits per heavy atom. The topological polar surface area (TPSA) is 99.5 Å². The second-order valence-electron chi connectivity index (χ2n) is 6.25. The molecule has 0 aromatic heterocycles. The summed E-state index contributed by atoms with van der Waals surface area (Å²) in [6.45, 7) is 0.132. The summed E-state index contributed by atoms with van der Waals surface area (Å²) in [5, 5.41) is 12.0. The Morgan fingerprint density at radius 1 is 1.29 bits per heavy atom. The van der Waals surface area contributed by atoms with Gasteiger partial charge in [0.25, 0.3) is 0 Å². The molecule has 2 amide bonds. The molecule has 1 unspecified atom stereocenters. The molecule has 1 aliphatic rings. The minimum atomic E-state index is -0.587. The van der Waals surface area contributed by atoms with Gasteiger partial charge in [-0.25, -0.2) is 4.79 Å². The van der Waals surface area contributed by atoms with E-state index >= 15 is 0 Å². The van der Waals surface area contributed by atoms with Crippen LogP contribution in [0.3, 0.4) is 0 Å². The molecule has 2 aromatic rings. The highest BCUT2D eigenvalue weighted by Crippen LogP contribution is 2.32.